The minimum atomic E-state index is -0.802. The van der Waals surface area contributed by atoms with Gasteiger partial charge in [-0.05, 0) is 32.6 Å². The molecule has 1 aliphatic heterocycles. The molecule has 106 valence electrons. The fourth-order valence-electron chi connectivity index (χ4n) is 3.16. The summed E-state index contributed by atoms with van der Waals surface area (Å²) in [5.41, 5.74) is -0.802. The van der Waals surface area contributed by atoms with Crippen molar-refractivity contribution < 1.29 is 9.53 Å². The molecular formula is C15H24N2O2. The number of amides is 1. The van der Waals surface area contributed by atoms with Crippen molar-refractivity contribution in [3.63, 3.8) is 0 Å². The Morgan fingerprint density at radius 2 is 2.00 bits per heavy atom. The zero-order valence-electron chi connectivity index (χ0n) is 11.8. The lowest BCUT2D eigenvalue weighted by molar-refractivity contribution is -0.130. The number of hydrogen-bond donors (Lipinski definition) is 1. The highest BCUT2D eigenvalue weighted by atomic mass is 16.5. The second-order valence-electron chi connectivity index (χ2n) is 5.92. The van der Waals surface area contributed by atoms with E-state index in [0.717, 1.165) is 45.1 Å². The number of nitriles is 1. The van der Waals surface area contributed by atoms with Crippen molar-refractivity contribution in [2.75, 3.05) is 6.61 Å². The van der Waals surface area contributed by atoms with Gasteiger partial charge in [-0.1, -0.05) is 25.7 Å². The maximum absolute atomic E-state index is 12.5. The highest BCUT2D eigenvalue weighted by molar-refractivity contribution is 5.85. The molecule has 2 rings (SSSR count). The van der Waals surface area contributed by atoms with Gasteiger partial charge >= 0.3 is 0 Å². The van der Waals surface area contributed by atoms with Crippen molar-refractivity contribution in [2.45, 2.75) is 70.4 Å². The van der Waals surface area contributed by atoms with E-state index in [1.807, 2.05) is 6.92 Å². The van der Waals surface area contributed by atoms with Crippen LogP contribution in [-0.4, -0.2) is 24.7 Å². The van der Waals surface area contributed by atoms with Crippen molar-refractivity contribution in [2.24, 2.45) is 5.41 Å². The predicted molar refractivity (Wildman–Crippen MR) is 72.3 cm³/mol. The number of nitrogens with zero attached hydrogens (tertiary/aromatic N) is 1. The van der Waals surface area contributed by atoms with E-state index in [1.165, 1.54) is 0 Å². The van der Waals surface area contributed by atoms with Gasteiger partial charge in [-0.25, -0.2) is 0 Å². The van der Waals surface area contributed by atoms with E-state index >= 15 is 0 Å². The van der Waals surface area contributed by atoms with Crippen LogP contribution in [0.4, 0.5) is 0 Å². The Labute approximate surface area is 115 Å². The first-order chi connectivity index (χ1) is 9.18. The molecule has 2 unspecified atom stereocenters. The summed E-state index contributed by atoms with van der Waals surface area (Å²) in [4.78, 5) is 12.5. The molecule has 0 radical (unpaired) electrons. The summed E-state index contributed by atoms with van der Waals surface area (Å²) in [5, 5.41) is 12.5. The van der Waals surface area contributed by atoms with Crippen LogP contribution in [0.25, 0.3) is 0 Å². The summed E-state index contributed by atoms with van der Waals surface area (Å²) >= 11 is 0. The second-order valence-corrected chi connectivity index (χ2v) is 5.92. The van der Waals surface area contributed by atoms with Gasteiger partial charge in [0.15, 0.2) is 0 Å². The summed E-state index contributed by atoms with van der Waals surface area (Å²) in [5.74, 6) is -0.0834. The number of ether oxygens (including phenoxy) is 1. The molecule has 0 aromatic heterocycles. The third-order valence-electron chi connectivity index (χ3n) is 4.49. The Kier molecular flexibility index (Phi) is 4.81. The normalized spacial score (nSPS) is 28.1. The average molecular weight is 264 g/mol. The summed E-state index contributed by atoms with van der Waals surface area (Å²) in [6.07, 6.45) is 7.82. The minimum Gasteiger partial charge on any atom is -0.376 e. The van der Waals surface area contributed by atoms with E-state index in [-0.39, 0.29) is 18.1 Å². The van der Waals surface area contributed by atoms with Gasteiger partial charge in [0.25, 0.3) is 0 Å². The first-order valence-corrected chi connectivity index (χ1v) is 7.52. The zero-order valence-corrected chi connectivity index (χ0v) is 11.8. The molecule has 1 aliphatic carbocycles. The van der Waals surface area contributed by atoms with E-state index < -0.39 is 5.41 Å². The lowest BCUT2D eigenvalue weighted by Crippen LogP contribution is -2.48. The fraction of sp³-hybridized carbons (Fsp3) is 0.867. The lowest BCUT2D eigenvalue weighted by atomic mass is 9.80. The predicted octanol–water partition coefficient (Wildman–Crippen LogP) is 2.53. The first-order valence-electron chi connectivity index (χ1n) is 7.52. The van der Waals surface area contributed by atoms with Gasteiger partial charge in [0.05, 0.1) is 18.2 Å². The maximum Gasteiger partial charge on any atom is 0.240 e. The van der Waals surface area contributed by atoms with Gasteiger partial charge in [-0.15, -0.1) is 0 Å². The van der Waals surface area contributed by atoms with Crippen LogP contribution in [0.3, 0.4) is 0 Å². The van der Waals surface area contributed by atoms with Crippen molar-refractivity contribution in [1.29, 1.82) is 5.26 Å². The van der Waals surface area contributed by atoms with Crippen LogP contribution in [0.2, 0.25) is 0 Å². The summed E-state index contributed by atoms with van der Waals surface area (Å²) in [6.45, 7) is 2.77. The van der Waals surface area contributed by atoms with Crippen LogP contribution in [-0.2, 0) is 9.53 Å². The molecule has 2 aliphatic rings. The molecule has 0 aromatic rings. The van der Waals surface area contributed by atoms with Crippen molar-refractivity contribution >= 4 is 5.91 Å². The van der Waals surface area contributed by atoms with Crippen LogP contribution in [0, 0.1) is 16.7 Å². The highest BCUT2D eigenvalue weighted by Crippen LogP contribution is 2.35. The zero-order chi connectivity index (χ0) is 13.7. The van der Waals surface area contributed by atoms with E-state index in [2.05, 4.69) is 11.4 Å². The Bertz CT molecular complexity index is 348. The quantitative estimate of drug-likeness (QED) is 0.797. The van der Waals surface area contributed by atoms with Gasteiger partial charge in [-0.2, -0.15) is 5.26 Å². The molecule has 4 heteroatoms. The Balaban J connectivity index is 1.97. The fourth-order valence-corrected chi connectivity index (χ4v) is 3.16. The van der Waals surface area contributed by atoms with Crippen LogP contribution in [0.15, 0.2) is 0 Å². The molecular weight excluding hydrogens is 240 g/mol. The molecule has 4 nitrogen and oxygen atoms in total. The molecule has 0 spiro atoms. The third kappa shape index (κ3) is 3.27. The molecule has 1 amide bonds. The number of carbonyl (C=O) groups excluding carboxylic acids is 1. The van der Waals surface area contributed by atoms with Gasteiger partial charge in [-0.3, -0.25) is 4.79 Å². The number of carbonyl (C=O) groups is 1. The molecule has 2 atom stereocenters. The van der Waals surface area contributed by atoms with Crippen molar-refractivity contribution in [3.8, 4) is 6.07 Å². The minimum absolute atomic E-state index is 0.00322. The lowest BCUT2D eigenvalue weighted by Gasteiger charge is -2.28. The number of nitrogens with one attached hydrogen (secondary N) is 1. The topological polar surface area (TPSA) is 62.1 Å². The Morgan fingerprint density at radius 1 is 1.32 bits per heavy atom. The van der Waals surface area contributed by atoms with Crippen LogP contribution in [0.5, 0.6) is 0 Å². The van der Waals surface area contributed by atoms with Gasteiger partial charge in [0.1, 0.15) is 5.41 Å². The average Bonchev–Trinajstić information content (AvgIpc) is 2.84. The van der Waals surface area contributed by atoms with Crippen LogP contribution < -0.4 is 5.32 Å². The molecule has 0 aromatic carbocycles. The highest BCUT2D eigenvalue weighted by Gasteiger charge is 2.40. The van der Waals surface area contributed by atoms with E-state index in [4.69, 9.17) is 4.74 Å². The van der Waals surface area contributed by atoms with Gasteiger partial charge < -0.3 is 10.1 Å². The smallest absolute Gasteiger partial charge is 0.240 e. The molecule has 2 fully saturated rings. The molecule has 0 bridgehead atoms. The molecule has 1 saturated heterocycles. The Hall–Kier alpha value is -1.08. The molecule has 19 heavy (non-hydrogen) atoms. The van der Waals surface area contributed by atoms with E-state index in [0.29, 0.717) is 12.8 Å². The monoisotopic (exact) mass is 264 g/mol. The van der Waals surface area contributed by atoms with Crippen molar-refractivity contribution in [3.05, 3.63) is 0 Å². The molecule has 1 N–H and O–H groups in total. The first kappa shape index (κ1) is 14.3. The maximum atomic E-state index is 12.5. The largest absolute Gasteiger partial charge is 0.376 e. The van der Waals surface area contributed by atoms with Gasteiger partial charge in [0.2, 0.25) is 5.91 Å². The third-order valence-corrected chi connectivity index (χ3v) is 4.49. The van der Waals surface area contributed by atoms with Crippen LogP contribution >= 0.6 is 0 Å². The SMILES string of the molecule is CC(NC(=O)C1(C#N)CCCCCC1)C1CCCO1. The van der Waals surface area contributed by atoms with E-state index in [1.54, 1.807) is 0 Å². The summed E-state index contributed by atoms with van der Waals surface area (Å²) in [7, 11) is 0. The van der Waals surface area contributed by atoms with Crippen LogP contribution in [0.1, 0.15) is 58.3 Å². The second kappa shape index (κ2) is 6.38. The molecule has 1 heterocycles. The van der Waals surface area contributed by atoms with Crippen molar-refractivity contribution in [1.82, 2.24) is 5.32 Å². The van der Waals surface area contributed by atoms with Gasteiger partial charge in [0, 0.05) is 6.61 Å². The standard InChI is InChI=1S/C15H24N2O2/c1-12(13-7-6-10-19-13)17-14(18)15(11-16)8-4-2-3-5-9-15/h12-13H,2-10H2,1H3,(H,17,18). The number of hydrogen-bond acceptors (Lipinski definition) is 3. The Morgan fingerprint density at radius 3 is 2.53 bits per heavy atom. The van der Waals surface area contributed by atoms with E-state index in [9.17, 15) is 10.1 Å². The summed E-state index contributed by atoms with van der Waals surface area (Å²) in [6, 6.07) is 2.30. The summed E-state index contributed by atoms with van der Waals surface area (Å²) < 4.78 is 5.60. The molecule has 1 saturated carbocycles. The number of rotatable bonds is 3.